The van der Waals surface area contributed by atoms with Gasteiger partial charge >= 0.3 is 0 Å². The van der Waals surface area contributed by atoms with Gasteiger partial charge in [-0.1, -0.05) is 32.3 Å². The van der Waals surface area contributed by atoms with E-state index in [0.717, 1.165) is 42.2 Å². The molecule has 1 aliphatic rings. The lowest BCUT2D eigenvalue weighted by atomic mass is 9.79. The first-order valence-corrected chi connectivity index (χ1v) is 12.3. The highest BCUT2D eigenvalue weighted by atomic mass is 32.1. The monoisotopic (exact) mass is 440 g/mol. The maximum absolute atomic E-state index is 12.6. The zero-order valence-corrected chi connectivity index (χ0v) is 19.0. The standard InChI is InChI=1S/C23H32N6OS/c1-2-3-5-17-7-9-18(10-8-17)23(30)24-11-12-29-22-20(15-28-29)21(26-16-27-22)25-14-19-6-4-13-31-19/h4,6,13,15-18H,2-3,5,7-12,14H2,1H3,(H,24,30)(H,25,26,27). The molecule has 0 atom stereocenters. The molecule has 31 heavy (non-hydrogen) atoms. The summed E-state index contributed by atoms with van der Waals surface area (Å²) in [4.78, 5) is 22.6. The highest BCUT2D eigenvalue weighted by Crippen LogP contribution is 2.32. The lowest BCUT2D eigenvalue weighted by molar-refractivity contribution is -0.126. The molecule has 0 radical (unpaired) electrons. The Morgan fingerprint density at radius 1 is 1.26 bits per heavy atom. The third-order valence-corrected chi connectivity index (χ3v) is 7.13. The van der Waals surface area contributed by atoms with Crippen molar-refractivity contribution in [1.29, 1.82) is 0 Å². The van der Waals surface area contributed by atoms with Crippen molar-refractivity contribution in [3.8, 4) is 0 Å². The fourth-order valence-electron chi connectivity index (χ4n) is 4.42. The predicted octanol–water partition coefficient (Wildman–Crippen LogP) is 4.61. The quantitative estimate of drug-likeness (QED) is 0.481. The Labute approximate surface area is 187 Å². The van der Waals surface area contributed by atoms with Crippen LogP contribution in [0.2, 0.25) is 0 Å². The molecule has 1 amide bonds. The number of anilines is 1. The van der Waals surface area contributed by atoms with Gasteiger partial charge in [0.15, 0.2) is 5.65 Å². The van der Waals surface area contributed by atoms with Crippen molar-refractivity contribution in [3.63, 3.8) is 0 Å². The molecule has 4 rings (SSSR count). The zero-order valence-electron chi connectivity index (χ0n) is 18.2. The van der Waals surface area contributed by atoms with Gasteiger partial charge in [0.25, 0.3) is 0 Å². The number of aromatic nitrogens is 4. The minimum atomic E-state index is 0.169. The first-order chi connectivity index (χ1) is 15.2. The molecule has 3 aromatic rings. The average molecular weight is 441 g/mol. The Morgan fingerprint density at radius 3 is 2.90 bits per heavy atom. The Kier molecular flexibility index (Phi) is 7.51. The second kappa shape index (κ2) is 10.7. The number of nitrogens with one attached hydrogen (secondary N) is 2. The average Bonchev–Trinajstić information content (AvgIpc) is 3.47. The Bertz CT molecular complexity index is 962. The van der Waals surface area contributed by atoms with Crippen molar-refractivity contribution < 1.29 is 4.79 Å². The van der Waals surface area contributed by atoms with Gasteiger partial charge in [-0.15, -0.1) is 11.3 Å². The summed E-state index contributed by atoms with van der Waals surface area (Å²) >= 11 is 1.71. The van der Waals surface area contributed by atoms with Gasteiger partial charge in [0.1, 0.15) is 12.1 Å². The van der Waals surface area contributed by atoms with E-state index in [1.807, 2.05) is 10.7 Å². The Balaban J connectivity index is 1.26. The van der Waals surface area contributed by atoms with Crippen LogP contribution in [-0.4, -0.2) is 32.2 Å². The number of nitrogens with zero attached hydrogens (tertiary/aromatic N) is 4. The van der Waals surface area contributed by atoms with Crippen molar-refractivity contribution in [2.24, 2.45) is 11.8 Å². The van der Waals surface area contributed by atoms with Gasteiger partial charge in [-0.25, -0.2) is 14.6 Å². The van der Waals surface area contributed by atoms with E-state index in [-0.39, 0.29) is 11.8 Å². The SMILES string of the molecule is CCCCC1CCC(C(=O)NCCn2ncc3c(NCc4cccs4)ncnc32)CC1. The van der Waals surface area contributed by atoms with E-state index < -0.39 is 0 Å². The number of amides is 1. The van der Waals surface area contributed by atoms with Crippen molar-refractivity contribution in [1.82, 2.24) is 25.1 Å². The number of rotatable bonds is 10. The Morgan fingerprint density at radius 2 is 2.13 bits per heavy atom. The van der Waals surface area contributed by atoms with Crippen molar-refractivity contribution >= 4 is 34.1 Å². The van der Waals surface area contributed by atoms with E-state index in [0.29, 0.717) is 13.1 Å². The van der Waals surface area contributed by atoms with Crippen LogP contribution in [0.15, 0.2) is 30.0 Å². The first-order valence-electron chi connectivity index (χ1n) is 11.4. The number of hydrogen-bond donors (Lipinski definition) is 2. The number of unbranched alkanes of at least 4 members (excludes halogenated alkanes) is 1. The Hall–Kier alpha value is -2.48. The van der Waals surface area contributed by atoms with E-state index in [4.69, 9.17) is 0 Å². The molecule has 166 valence electrons. The molecule has 7 nitrogen and oxygen atoms in total. The molecule has 0 aromatic carbocycles. The van der Waals surface area contributed by atoms with E-state index in [2.05, 4.69) is 44.1 Å². The maximum Gasteiger partial charge on any atom is 0.223 e. The maximum atomic E-state index is 12.6. The van der Waals surface area contributed by atoms with Crippen LogP contribution >= 0.6 is 11.3 Å². The second-order valence-corrected chi connectivity index (χ2v) is 9.44. The van der Waals surface area contributed by atoms with Crippen molar-refractivity contribution in [2.75, 3.05) is 11.9 Å². The summed E-state index contributed by atoms with van der Waals surface area (Å²) in [6, 6.07) is 4.14. The highest BCUT2D eigenvalue weighted by Gasteiger charge is 2.25. The zero-order chi connectivity index (χ0) is 21.5. The molecular weight excluding hydrogens is 408 g/mol. The van der Waals surface area contributed by atoms with E-state index in [1.165, 1.54) is 37.0 Å². The smallest absolute Gasteiger partial charge is 0.223 e. The van der Waals surface area contributed by atoms with E-state index in [9.17, 15) is 4.79 Å². The van der Waals surface area contributed by atoms with Gasteiger partial charge in [-0.2, -0.15) is 5.10 Å². The number of carbonyl (C=O) groups is 1. The molecular formula is C23H32N6OS. The van der Waals surface area contributed by atoms with Crippen LogP contribution in [0, 0.1) is 11.8 Å². The molecule has 8 heteroatoms. The van der Waals surface area contributed by atoms with Gasteiger partial charge in [-0.05, 0) is 43.0 Å². The van der Waals surface area contributed by atoms with Crippen LogP contribution in [0.1, 0.15) is 56.7 Å². The van der Waals surface area contributed by atoms with Crippen LogP contribution in [0.5, 0.6) is 0 Å². The molecule has 0 spiro atoms. The van der Waals surface area contributed by atoms with Crippen molar-refractivity contribution in [2.45, 2.75) is 65.0 Å². The number of fused-ring (bicyclic) bond motifs is 1. The largest absolute Gasteiger partial charge is 0.364 e. The van der Waals surface area contributed by atoms with Crippen LogP contribution in [0.4, 0.5) is 5.82 Å². The van der Waals surface area contributed by atoms with Crippen LogP contribution in [0.3, 0.4) is 0 Å². The van der Waals surface area contributed by atoms with E-state index >= 15 is 0 Å². The molecule has 1 aliphatic carbocycles. The van der Waals surface area contributed by atoms with Crippen LogP contribution in [-0.2, 0) is 17.9 Å². The van der Waals surface area contributed by atoms with Gasteiger partial charge in [0.2, 0.25) is 5.91 Å². The molecule has 0 saturated heterocycles. The molecule has 1 saturated carbocycles. The minimum absolute atomic E-state index is 0.169. The van der Waals surface area contributed by atoms with Crippen LogP contribution < -0.4 is 10.6 Å². The minimum Gasteiger partial charge on any atom is -0.364 e. The summed E-state index contributed by atoms with van der Waals surface area (Å²) < 4.78 is 1.84. The third-order valence-electron chi connectivity index (χ3n) is 6.25. The van der Waals surface area contributed by atoms with Crippen LogP contribution in [0.25, 0.3) is 11.0 Å². The lowest BCUT2D eigenvalue weighted by Gasteiger charge is -2.27. The molecule has 0 unspecified atom stereocenters. The van der Waals surface area contributed by atoms with E-state index in [1.54, 1.807) is 23.9 Å². The predicted molar refractivity (Wildman–Crippen MR) is 125 cm³/mol. The van der Waals surface area contributed by atoms with Crippen molar-refractivity contribution in [3.05, 3.63) is 34.9 Å². The molecule has 0 bridgehead atoms. The number of hydrogen-bond acceptors (Lipinski definition) is 6. The number of carbonyl (C=O) groups excluding carboxylic acids is 1. The fourth-order valence-corrected chi connectivity index (χ4v) is 5.06. The topological polar surface area (TPSA) is 84.7 Å². The summed E-state index contributed by atoms with van der Waals surface area (Å²) in [7, 11) is 0. The fraction of sp³-hybridized carbons (Fsp3) is 0.565. The molecule has 3 heterocycles. The second-order valence-electron chi connectivity index (χ2n) is 8.41. The molecule has 1 fully saturated rings. The molecule has 0 aliphatic heterocycles. The third kappa shape index (κ3) is 5.61. The summed E-state index contributed by atoms with van der Waals surface area (Å²) in [5.74, 6) is 1.97. The summed E-state index contributed by atoms with van der Waals surface area (Å²) in [5, 5.41) is 13.9. The summed E-state index contributed by atoms with van der Waals surface area (Å²) in [6.45, 7) is 4.14. The van der Waals surface area contributed by atoms with Gasteiger partial charge in [0.05, 0.1) is 24.7 Å². The number of thiophene rings is 1. The molecule has 3 aromatic heterocycles. The first kappa shape index (κ1) is 21.7. The van der Waals surface area contributed by atoms with Gasteiger partial charge in [0, 0.05) is 17.3 Å². The van der Waals surface area contributed by atoms with Gasteiger partial charge < -0.3 is 10.6 Å². The van der Waals surface area contributed by atoms with Gasteiger partial charge in [-0.3, -0.25) is 4.79 Å². The summed E-state index contributed by atoms with van der Waals surface area (Å²) in [6.07, 6.45) is 11.7. The normalized spacial score (nSPS) is 18.9. The molecule has 2 N–H and O–H groups in total. The lowest BCUT2D eigenvalue weighted by Crippen LogP contribution is -2.35. The summed E-state index contributed by atoms with van der Waals surface area (Å²) in [5.41, 5.74) is 0.786. The highest BCUT2D eigenvalue weighted by molar-refractivity contribution is 7.09.